The largest absolute Gasteiger partial charge is 0.348 e. The van der Waals surface area contributed by atoms with Crippen LogP contribution in [0.4, 0.5) is 5.82 Å². The number of nitrogen functional groups attached to an aromatic ring is 1. The highest BCUT2D eigenvalue weighted by molar-refractivity contribution is 5.92. The zero-order chi connectivity index (χ0) is 13.8. The van der Waals surface area contributed by atoms with Gasteiger partial charge in [0, 0.05) is 18.6 Å². The average Bonchev–Trinajstić information content (AvgIpc) is 2.43. The summed E-state index contributed by atoms with van der Waals surface area (Å²) in [7, 11) is 2.10. The Hall–Kier alpha value is -1.73. The Bertz CT molecular complexity index is 434. The molecule has 4 N–H and O–H groups in total. The third-order valence-electron chi connectivity index (χ3n) is 3.58. The zero-order valence-corrected chi connectivity index (χ0v) is 11.3. The van der Waals surface area contributed by atoms with Crippen molar-refractivity contribution < 1.29 is 4.79 Å². The Morgan fingerprint density at radius 2 is 2.26 bits per heavy atom. The first-order valence-electron chi connectivity index (χ1n) is 6.40. The van der Waals surface area contributed by atoms with Crippen LogP contribution in [0, 0.1) is 0 Å². The second kappa shape index (κ2) is 5.94. The van der Waals surface area contributed by atoms with E-state index in [1.54, 1.807) is 0 Å². The molecule has 1 saturated heterocycles. The molecule has 1 amide bonds. The molecule has 1 aromatic rings. The average molecular weight is 264 g/mol. The second-order valence-corrected chi connectivity index (χ2v) is 4.96. The van der Waals surface area contributed by atoms with Gasteiger partial charge < -0.3 is 15.6 Å². The SMILES string of the molecule is CC1CC(NC(=O)c2cnc(NN)cn2)CCN1C. The summed E-state index contributed by atoms with van der Waals surface area (Å²) in [5.74, 6) is 5.45. The molecule has 2 rings (SSSR count). The van der Waals surface area contributed by atoms with Crippen molar-refractivity contribution >= 4 is 11.7 Å². The summed E-state index contributed by atoms with van der Waals surface area (Å²) in [5, 5.41) is 3.00. The van der Waals surface area contributed by atoms with Gasteiger partial charge in [-0.2, -0.15) is 0 Å². The predicted molar refractivity (Wildman–Crippen MR) is 72.4 cm³/mol. The maximum absolute atomic E-state index is 12.0. The molecule has 2 unspecified atom stereocenters. The third-order valence-corrected chi connectivity index (χ3v) is 3.58. The molecule has 0 saturated carbocycles. The van der Waals surface area contributed by atoms with Crippen molar-refractivity contribution in [1.82, 2.24) is 20.2 Å². The first kappa shape index (κ1) is 13.7. The smallest absolute Gasteiger partial charge is 0.271 e. The van der Waals surface area contributed by atoms with Crippen molar-refractivity contribution in [2.75, 3.05) is 19.0 Å². The number of rotatable bonds is 3. The maximum Gasteiger partial charge on any atom is 0.271 e. The molecule has 1 aliphatic heterocycles. The minimum atomic E-state index is -0.183. The molecule has 2 atom stereocenters. The number of amides is 1. The number of hydrogen-bond donors (Lipinski definition) is 3. The van der Waals surface area contributed by atoms with Gasteiger partial charge in [-0.15, -0.1) is 0 Å². The van der Waals surface area contributed by atoms with Gasteiger partial charge in [0.1, 0.15) is 5.69 Å². The summed E-state index contributed by atoms with van der Waals surface area (Å²) < 4.78 is 0. The lowest BCUT2D eigenvalue weighted by atomic mass is 9.99. The van der Waals surface area contributed by atoms with Crippen molar-refractivity contribution in [3.05, 3.63) is 18.1 Å². The van der Waals surface area contributed by atoms with E-state index in [9.17, 15) is 4.79 Å². The number of nitrogens with two attached hydrogens (primary N) is 1. The van der Waals surface area contributed by atoms with E-state index in [1.807, 2.05) is 0 Å². The molecule has 0 spiro atoms. The number of piperidine rings is 1. The van der Waals surface area contributed by atoms with E-state index in [1.165, 1.54) is 12.4 Å². The zero-order valence-electron chi connectivity index (χ0n) is 11.3. The van der Waals surface area contributed by atoms with E-state index in [-0.39, 0.29) is 11.9 Å². The van der Waals surface area contributed by atoms with Crippen LogP contribution in [-0.2, 0) is 0 Å². The summed E-state index contributed by atoms with van der Waals surface area (Å²) in [6.45, 7) is 3.16. The van der Waals surface area contributed by atoms with Gasteiger partial charge in [-0.25, -0.2) is 15.8 Å². The monoisotopic (exact) mass is 264 g/mol. The fourth-order valence-electron chi connectivity index (χ4n) is 2.20. The van der Waals surface area contributed by atoms with Gasteiger partial charge in [-0.1, -0.05) is 0 Å². The van der Waals surface area contributed by atoms with Gasteiger partial charge in [-0.05, 0) is 26.8 Å². The Kier molecular flexibility index (Phi) is 4.28. The molecule has 0 bridgehead atoms. The van der Waals surface area contributed by atoms with Gasteiger partial charge >= 0.3 is 0 Å². The molecule has 7 nitrogen and oxygen atoms in total. The van der Waals surface area contributed by atoms with Crippen molar-refractivity contribution in [2.45, 2.75) is 31.8 Å². The van der Waals surface area contributed by atoms with Crippen LogP contribution >= 0.6 is 0 Å². The van der Waals surface area contributed by atoms with E-state index >= 15 is 0 Å². The van der Waals surface area contributed by atoms with E-state index in [0.29, 0.717) is 17.6 Å². The number of nitrogens with one attached hydrogen (secondary N) is 2. The number of aromatic nitrogens is 2. The van der Waals surface area contributed by atoms with Crippen molar-refractivity contribution in [2.24, 2.45) is 5.84 Å². The molecule has 0 radical (unpaired) electrons. The minimum Gasteiger partial charge on any atom is -0.348 e. The molecule has 0 aromatic carbocycles. The highest BCUT2D eigenvalue weighted by Crippen LogP contribution is 2.15. The molecule has 2 heterocycles. The summed E-state index contributed by atoms with van der Waals surface area (Å²) in [4.78, 5) is 22.3. The fourth-order valence-corrected chi connectivity index (χ4v) is 2.20. The molecule has 19 heavy (non-hydrogen) atoms. The summed E-state index contributed by atoms with van der Waals surface area (Å²) in [5.41, 5.74) is 2.69. The number of carbonyl (C=O) groups is 1. The van der Waals surface area contributed by atoms with Crippen LogP contribution in [0.2, 0.25) is 0 Å². The number of hydrogen-bond acceptors (Lipinski definition) is 6. The molecule has 104 valence electrons. The molecule has 1 aliphatic rings. The molecular formula is C12H20N6O. The first-order chi connectivity index (χ1) is 9.10. The molecule has 7 heteroatoms. The Morgan fingerprint density at radius 3 is 2.84 bits per heavy atom. The lowest BCUT2D eigenvalue weighted by molar-refractivity contribution is 0.0891. The molecular weight excluding hydrogens is 244 g/mol. The first-order valence-corrected chi connectivity index (χ1v) is 6.40. The maximum atomic E-state index is 12.0. The van der Waals surface area contributed by atoms with Crippen LogP contribution in [0.3, 0.4) is 0 Å². The normalized spacial score (nSPS) is 23.9. The third kappa shape index (κ3) is 3.39. The van der Waals surface area contributed by atoms with Crippen LogP contribution in [0.25, 0.3) is 0 Å². The summed E-state index contributed by atoms with van der Waals surface area (Å²) in [6, 6.07) is 0.682. The van der Waals surface area contributed by atoms with E-state index in [4.69, 9.17) is 5.84 Å². The fraction of sp³-hybridized carbons (Fsp3) is 0.583. The van der Waals surface area contributed by atoms with E-state index in [0.717, 1.165) is 19.4 Å². The Balaban J connectivity index is 1.93. The Morgan fingerprint density at radius 1 is 1.47 bits per heavy atom. The topological polar surface area (TPSA) is 96.2 Å². The number of anilines is 1. The van der Waals surface area contributed by atoms with Crippen molar-refractivity contribution in [3.8, 4) is 0 Å². The van der Waals surface area contributed by atoms with Crippen LogP contribution in [0.5, 0.6) is 0 Å². The van der Waals surface area contributed by atoms with Gasteiger partial charge in [0.2, 0.25) is 0 Å². The standard InChI is InChI=1S/C12H20N6O/c1-8-5-9(3-4-18(8)2)16-12(19)10-6-15-11(17-13)7-14-10/h6-9H,3-5,13H2,1-2H3,(H,15,17)(H,16,19). The lowest BCUT2D eigenvalue weighted by Crippen LogP contribution is -2.47. The van der Waals surface area contributed by atoms with Crippen molar-refractivity contribution in [1.29, 1.82) is 0 Å². The number of nitrogens with zero attached hydrogens (tertiary/aromatic N) is 3. The minimum absolute atomic E-state index is 0.183. The number of carbonyl (C=O) groups excluding carboxylic acids is 1. The van der Waals surface area contributed by atoms with Gasteiger partial charge in [0.05, 0.1) is 12.4 Å². The number of hydrazine groups is 1. The van der Waals surface area contributed by atoms with Crippen LogP contribution in [-0.4, -0.2) is 46.5 Å². The quantitative estimate of drug-likeness (QED) is 0.524. The summed E-state index contributed by atoms with van der Waals surface area (Å²) in [6.07, 6.45) is 4.77. The highest BCUT2D eigenvalue weighted by Gasteiger charge is 2.24. The van der Waals surface area contributed by atoms with E-state index in [2.05, 4.69) is 39.6 Å². The second-order valence-electron chi connectivity index (χ2n) is 4.96. The van der Waals surface area contributed by atoms with Gasteiger partial charge in [0.15, 0.2) is 5.82 Å². The van der Waals surface area contributed by atoms with Crippen molar-refractivity contribution in [3.63, 3.8) is 0 Å². The van der Waals surface area contributed by atoms with Crippen LogP contribution < -0.4 is 16.6 Å². The molecule has 1 fully saturated rings. The predicted octanol–water partition coefficient (Wildman–Crippen LogP) is -0.0253. The van der Waals surface area contributed by atoms with Gasteiger partial charge in [-0.3, -0.25) is 4.79 Å². The molecule has 0 aliphatic carbocycles. The summed E-state index contributed by atoms with van der Waals surface area (Å²) >= 11 is 0. The lowest BCUT2D eigenvalue weighted by Gasteiger charge is -2.35. The van der Waals surface area contributed by atoms with Gasteiger partial charge in [0.25, 0.3) is 5.91 Å². The van der Waals surface area contributed by atoms with Crippen LogP contribution in [0.15, 0.2) is 12.4 Å². The number of likely N-dealkylation sites (tertiary alicyclic amines) is 1. The van der Waals surface area contributed by atoms with Crippen LogP contribution in [0.1, 0.15) is 30.3 Å². The highest BCUT2D eigenvalue weighted by atomic mass is 16.1. The molecule has 1 aromatic heterocycles. The Labute approximate surface area is 112 Å². The van der Waals surface area contributed by atoms with E-state index < -0.39 is 0 Å².